The third kappa shape index (κ3) is 6.96. The Hall–Kier alpha value is -2.41. The molecule has 2 aromatic rings. The van der Waals surface area contributed by atoms with E-state index in [9.17, 15) is 9.59 Å². The quantitative estimate of drug-likeness (QED) is 0.560. The highest BCUT2D eigenvalue weighted by Gasteiger charge is 2.19. The monoisotopic (exact) mass is 403 g/mol. The number of nitrogens with zero attached hydrogens (tertiary/aromatic N) is 2. The zero-order valence-electron chi connectivity index (χ0n) is 16.9. The van der Waals surface area contributed by atoms with Crippen molar-refractivity contribution < 1.29 is 14.3 Å². The molecule has 0 aliphatic heterocycles. The third-order valence-electron chi connectivity index (χ3n) is 4.14. The van der Waals surface area contributed by atoms with E-state index < -0.39 is 0 Å². The number of rotatable bonds is 11. The van der Waals surface area contributed by atoms with Crippen LogP contribution in [0, 0.1) is 6.92 Å². The number of aromatic nitrogens is 1. The summed E-state index contributed by atoms with van der Waals surface area (Å²) in [5, 5.41) is 3.32. The molecule has 28 heavy (non-hydrogen) atoms. The molecule has 2 rings (SSSR count). The van der Waals surface area contributed by atoms with Gasteiger partial charge in [0, 0.05) is 23.2 Å². The van der Waals surface area contributed by atoms with Crippen LogP contribution in [0.5, 0.6) is 5.75 Å². The van der Waals surface area contributed by atoms with Gasteiger partial charge >= 0.3 is 0 Å². The van der Waals surface area contributed by atoms with Crippen molar-refractivity contribution in [2.45, 2.75) is 46.5 Å². The molecule has 0 bridgehead atoms. The van der Waals surface area contributed by atoms with Gasteiger partial charge in [-0.1, -0.05) is 26.7 Å². The Kier molecular flexibility index (Phi) is 8.94. The first kappa shape index (κ1) is 21.9. The minimum absolute atomic E-state index is 0.00616. The van der Waals surface area contributed by atoms with Gasteiger partial charge in [0.1, 0.15) is 12.3 Å². The van der Waals surface area contributed by atoms with Crippen LogP contribution < -0.4 is 10.1 Å². The Morgan fingerprint density at radius 3 is 2.46 bits per heavy atom. The van der Waals surface area contributed by atoms with E-state index in [1.54, 1.807) is 35.4 Å². The zero-order valence-corrected chi connectivity index (χ0v) is 17.7. The number of thiazole rings is 1. The van der Waals surface area contributed by atoms with Crippen LogP contribution >= 0.6 is 11.3 Å². The number of ether oxygens (including phenoxy) is 1. The Morgan fingerprint density at radius 2 is 1.86 bits per heavy atom. The van der Waals surface area contributed by atoms with E-state index in [1.165, 1.54) is 11.3 Å². The first-order valence-electron chi connectivity index (χ1n) is 9.77. The molecule has 1 aromatic carbocycles. The lowest BCUT2D eigenvalue weighted by atomic mass is 10.1. The van der Waals surface area contributed by atoms with Gasteiger partial charge in [-0.15, -0.1) is 11.3 Å². The van der Waals surface area contributed by atoms with Crippen molar-refractivity contribution in [2.24, 2.45) is 0 Å². The number of nitrogens with one attached hydrogen (secondary N) is 1. The molecule has 0 radical (unpaired) electrons. The van der Waals surface area contributed by atoms with E-state index in [0.29, 0.717) is 23.8 Å². The van der Waals surface area contributed by atoms with Crippen molar-refractivity contribution >= 4 is 28.3 Å². The molecule has 1 N–H and O–H groups in total. The summed E-state index contributed by atoms with van der Waals surface area (Å²) in [6, 6.07) is 7.12. The van der Waals surface area contributed by atoms with Gasteiger partial charge in [-0.3, -0.25) is 9.59 Å². The van der Waals surface area contributed by atoms with Crippen LogP contribution in [0.1, 0.15) is 54.8 Å². The summed E-state index contributed by atoms with van der Waals surface area (Å²) in [6.45, 7) is 7.31. The fourth-order valence-corrected chi connectivity index (χ4v) is 3.24. The van der Waals surface area contributed by atoms with Crippen molar-refractivity contribution in [1.82, 2.24) is 9.88 Å². The molecule has 0 saturated carbocycles. The molecule has 0 fully saturated rings. The average Bonchev–Trinajstić information content (AvgIpc) is 3.09. The minimum atomic E-state index is -0.238. The fraction of sp³-hybridized carbons (Fsp3) is 0.476. The van der Waals surface area contributed by atoms with Crippen molar-refractivity contribution in [2.75, 3.05) is 25.0 Å². The molecule has 0 saturated heterocycles. The summed E-state index contributed by atoms with van der Waals surface area (Å²) in [7, 11) is 0. The zero-order chi connectivity index (χ0) is 20.4. The van der Waals surface area contributed by atoms with Crippen LogP contribution in [0.4, 0.5) is 5.13 Å². The molecule has 1 heterocycles. The van der Waals surface area contributed by atoms with Gasteiger partial charge in [0.15, 0.2) is 5.13 Å². The smallest absolute Gasteiger partial charge is 0.254 e. The van der Waals surface area contributed by atoms with Crippen LogP contribution in [0.25, 0.3) is 0 Å². The van der Waals surface area contributed by atoms with E-state index in [2.05, 4.69) is 24.1 Å². The summed E-state index contributed by atoms with van der Waals surface area (Å²) in [5.74, 6) is 0.361. The summed E-state index contributed by atoms with van der Waals surface area (Å²) < 4.78 is 5.64. The number of carbonyl (C=O) groups excluding carboxylic acids is 2. The Morgan fingerprint density at radius 1 is 1.14 bits per heavy atom. The molecule has 0 atom stereocenters. The molecule has 2 amide bonds. The van der Waals surface area contributed by atoms with Crippen LogP contribution in [0.3, 0.4) is 0 Å². The molecule has 7 heteroatoms. The lowest BCUT2D eigenvalue weighted by Crippen LogP contribution is -2.38. The Labute approximate surface area is 170 Å². The second-order valence-electron chi connectivity index (χ2n) is 6.63. The number of aryl methyl sites for hydroxylation is 1. The largest absolute Gasteiger partial charge is 0.494 e. The predicted molar refractivity (Wildman–Crippen MR) is 113 cm³/mol. The van der Waals surface area contributed by atoms with Gasteiger partial charge in [-0.25, -0.2) is 4.98 Å². The van der Waals surface area contributed by atoms with E-state index in [4.69, 9.17) is 4.74 Å². The lowest BCUT2D eigenvalue weighted by Gasteiger charge is -2.22. The molecular formula is C21H29N3O3S. The topological polar surface area (TPSA) is 71.5 Å². The second-order valence-corrected chi connectivity index (χ2v) is 7.87. The maximum absolute atomic E-state index is 12.9. The lowest BCUT2D eigenvalue weighted by molar-refractivity contribution is -0.116. The van der Waals surface area contributed by atoms with Crippen LogP contribution in [0.2, 0.25) is 0 Å². The molecule has 1 aromatic heterocycles. The average molecular weight is 404 g/mol. The van der Waals surface area contributed by atoms with Gasteiger partial charge < -0.3 is 15.0 Å². The maximum atomic E-state index is 12.9. The highest BCUT2D eigenvalue weighted by atomic mass is 32.1. The maximum Gasteiger partial charge on any atom is 0.254 e. The first-order chi connectivity index (χ1) is 13.5. The molecule has 6 nitrogen and oxygen atoms in total. The van der Waals surface area contributed by atoms with E-state index >= 15 is 0 Å². The third-order valence-corrected chi connectivity index (χ3v) is 4.97. The number of anilines is 1. The number of unbranched alkanes of at least 4 members (excludes halogenated alkanes) is 2. The SMILES string of the molecule is CCCCOc1ccc(C(=O)N(CCCC)CC(=O)Nc2ncc(C)s2)cc1. The minimum Gasteiger partial charge on any atom is -0.494 e. The van der Waals surface area contributed by atoms with Gasteiger partial charge in [0.2, 0.25) is 5.91 Å². The Bertz CT molecular complexity index is 759. The molecule has 0 spiro atoms. The second kappa shape index (κ2) is 11.4. The molecule has 152 valence electrons. The number of carbonyl (C=O) groups is 2. The van der Waals surface area contributed by atoms with Crippen LogP contribution in [-0.4, -0.2) is 41.4 Å². The molecule has 0 unspecified atom stereocenters. The fourth-order valence-electron chi connectivity index (χ4n) is 2.56. The van der Waals surface area contributed by atoms with E-state index in [1.807, 2.05) is 6.92 Å². The Balaban J connectivity index is 2.00. The van der Waals surface area contributed by atoms with E-state index in [-0.39, 0.29) is 18.4 Å². The van der Waals surface area contributed by atoms with Crippen LogP contribution in [0.15, 0.2) is 30.5 Å². The first-order valence-corrected chi connectivity index (χ1v) is 10.6. The predicted octanol–water partition coefficient (Wildman–Crippen LogP) is 4.51. The van der Waals surface area contributed by atoms with Gasteiger partial charge in [0.05, 0.1) is 6.61 Å². The van der Waals surface area contributed by atoms with E-state index in [0.717, 1.165) is 36.3 Å². The summed E-state index contributed by atoms with van der Waals surface area (Å²) in [4.78, 5) is 32.0. The van der Waals surface area contributed by atoms with Gasteiger partial charge in [-0.2, -0.15) is 0 Å². The normalized spacial score (nSPS) is 10.5. The van der Waals surface area contributed by atoms with Crippen LogP contribution in [-0.2, 0) is 4.79 Å². The summed E-state index contributed by atoms with van der Waals surface area (Å²) in [5.41, 5.74) is 0.553. The molecule has 0 aliphatic carbocycles. The number of hydrogen-bond acceptors (Lipinski definition) is 5. The van der Waals surface area contributed by atoms with Crippen molar-refractivity contribution in [3.63, 3.8) is 0 Å². The highest BCUT2D eigenvalue weighted by molar-refractivity contribution is 7.15. The summed E-state index contributed by atoms with van der Waals surface area (Å²) >= 11 is 1.41. The van der Waals surface area contributed by atoms with Crippen molar-refractivity contribution in [3.05, 3.63) is 40.9 Å². The number of hydrogen-bond donors (Lipinski definition) is 1. The van der Waals surface area contributed by atoms with Crippen molar-refractivity contribution in [3.8, 4) is 5.75 Å². The van der Waals surface area contributed by atoms with Crippen molar-refractivity contribution in [1.29, 1.82) is 0 Å². The molecule has 0 aliphatic rings. The number of benzene rings is 1. The van der Waals surface area contributed by atoms with Gasteiger partial charge in [-0.05, 0) is 44.0 Å². The summed E-state index contributed by atoms with van der Waals surface area (Å²) in [6.07, 6.45) is 5.57. The standard InChI is InChI=1S/C21H29N3O3S/c1-4-6-12-24(15-19(25)23-21-22-14-16(3)28-21)20(26)17-8-10-18(11-9-17)27-13-7-5-2/h8-11,14H,4-7,12-13,15H2,1-3H3,(H,22,23,25). The number of amides is 2. The van der Waals surface area contributed by atoms with Gasteiger partial charge in [0.25, 0.3) is 5.91 Å². The molecular weight excluding hydrogens is 374 g/mol. The highest BCUT2D eigenvalue weighted by Crippen LogP contribution is 2.17.